The Morgan fingerprint density at radius 3 is 2.83 bits per heavy atom. The van der Waals surface area contributed by atoms with Crippen molar-refractivity contribution in [3.8, 4) is 5.75 Å². The first-order chi connectivity index (χ1) is 8.70. The van der Waals surface area contributed by atoms with E-state index in [1.54, 1.807) is 12.0 Å². The molecule has 1 atom stereocenters. The predicted octanol–water partition coefficient (Wildman–Crippen LogP) is 0.381. The molecule has 1 aliphatic rings. The first-order valence-corrected chi connectivity index (χ1v) is 5.96. The highest BCUT2D eigenvalue weighted by Crippen LogP contribution is 2.14. The van der Waals surface area contributed by atoms with Gasteiger partial charge in [-0.1, -0.05) is 12.1 Å². The van der Waals surface area contributed by atoms with Crippen LogP contribution in [0.3, 0.4) is 0 Å². The number of carbonyl (C=O) groups is 1. The third-order valence-electron chi connectivity index (χ3n) is 2.96. The summed E-state index contributed by atoms with van der Waals surface area (Å²) in [5.41, 5.74) is 6.79. The second-order valence-electron chi connectivity index (χ2n) is 4.29. The monoisotopic (exact) mass is 250 g/mol. The summed E-state index contributed by atoms with van der Waals surface area (Å²) in [5, 5.41) is 0. The summed E-state index contributed by atoms with van der Waals surface area (Å²) in [5.74, 6) is 0.754. The number of ether oxygens (including phenoxy) is 2. The molecular weight excluding hydrogens is 232 g/mol. The van der Waals surface area contributed by atoms with Crippen molar-refractivity contribution in [2.75, 3.05) is 26.9 Å². The number of methoxy groups -OCH3 is 1. The van der Waals surface area contributed by atoms with Gasteiger partial charge in [-0.15, -0.1) is 0 Å². The summed E-state index contributed by atoms with van der Waals surface area (Å²) in [6.07, 6.45) is 0. The van der Waals surface area contributed by atoms with Crippen molar-refractivity contribution in [2.24, 2.45) is 5.73 Å². The van der Waals surface area contributed by atoms with E-state index in [9.17, 15) is 4.79 Å². The predicted molar refractivity (Wildman–Crippen MR) is 67.2 cm³/mol. The van der Waals surface area contributed by atoms with Crippen LogP contribution >= 0.6 is 0 Å². The summed E-state index contributed by atoms with van der Waals surface area (Å²) in [6, 6.07) is 7.11. The van der Waals surface area contributed by atoms with Gasteiger partial charge in [0, 0.05) is 13.1 Å². The third kappa shape index (κ3) is 3.00. The van der Waals surface area contributed by atoms with Crippen LogP contribution in [0.2, 0.25) is 0 Å². The number of rotatable bonds is 3. The first-order valence-electron chi connectivity index (χ1n) is 5.96. The highest BCUT2D eigenvalue weighted by Gasteiger charge is 2.24. The molecule has 0 unspecified atom stereocenters. The lowest BCUT2D eigenvalue weighted by atomic mass is 10.2. The van der Waals surface area contributed by atoms with Crippen LogP contribution in [0.25, 0.3) is 0 Å². The Balaban J connectivity index is 2.04. The van der Waals surface area contributed by atoms with Crippen LogP contribution in [0, 0.1) is 0 Å². The van der Waals surface area contributed by atoms with Crippen molar-refractivity contribution in [3.63, 3.8) is 0 Å². The highest BCUT2D eigenvalue weighted by molar-refractivity contribution is 5.82. The zero-order chi connectivity index (χ0) is 13.0. The van der Waals surface area contributed by atoms with E-state index >= 15 is 0 Å². The second kappa shape index (κ2) is 5.84. The lowest BCUT2D eigenvalue weighted by Crippen LogP contribution is -2.43. The summed E-state index contributed by atoms with van der Waals surface area (Å²) >= 11 is 0. The first kappa shape index (κ1) is 12.9. The molecule has 5 heteroatoms. The Hall–Kier alpha value is -1.59. The minimum absolute atomic E-state index is 0.0525. The summed E-state index contributed by atoms with van der Waals surface area (Å²) in [6.45, 7) is 1.98. The Kier molecular flexibility index (Phi) is 4.17. The molecule has 0 spiro atoms. The van der Waals surface area contributed by atoms with Gasteiger partial charge in [-0.3, -0.25) is 4.79 Å². The Bertz CT molecular complexity index is 405. The summed E-state index contributed by atoms with van der Waals surface area (Å²) in [4.78, 5) is 13.7. The van der Waals surface area contributed by atoms with Crippen molar-refractivity contribution >= 4 is 5.91 Å². The number of carbonyl (C=O) groups excluding carboxylic acids is 1. The fourth-order valence-corrected chi connectivity index (χ4v) is 1.91. The van der Waals surface area contributed by atoms with Crippen LogP contribution in [-0.2, 0) is 16.1 Å². The van der Waals surface area contributed by atoms with Crippen molar-refractivity contribution < 1.29 is 14.3 Å². The van der Waals surface area contributed by atoms with E-state index < -0.39 is 6.04 Å². The van der Waals surface area contributed by atoms with Gasteiger partial charge in [-0.05, 0) is 17.7 Å². The zero-order valence-corrected chi connectivity index (χ0v) is 10.5. The van der Waals surface area contributed by atoms with Gasteiger partial charge >= 0.3 is 0 Å². The van der Waals surface area contributed by atoms with Crippen LogP contribution in [0.5, 0.6) is 5.75 Å². The van der Waals surface area contributed by atoms with Crippen LogP contribution in [0.1, 0.15) is 5.56 Å². The summed E-state index contributed by atoms with van der Waals surface area (Å²) in [7, 11) is 1.63. The quantitative estimate of drug-likeness (QED) is 0.842. The third-order valence-corrected chi connectivity index (χ3v) is 2.96. The number of amides is 1. The van der Waals surface area contributed by atoms with Gasteiger partial charge in [-0.25, -0.2) is 0 Å². The molecule has 2 rings (SSSR count). The molecule has 1 saturated heterocycles. The molecule has 1 aromatic rings. The Morgan fingerprint density at radius 2 is 2.17 bits per heavy atom. The molecule has 0 aliphatic carbocycles. The molecule has 1 aromatic carbocycles. The largest absolute Gasteiger partial charge is 0.497 e. The molecule has 18 heavy (non-hydrogen) atoms. The smallest absolute Gasteiger partial charge is 0.242 e. The van der Waals surface area contributed by atoms with Gasteiger partial charge in [0.05, 0.1) is 20.3 Å². The number of nitrogens with zero attached hydrogens (tertiary/aromatic N) is 1. The van der Waals surface area contributed by atoms with E-state index in [0.717, 1.165) is 11.3 Å². The van der Waals surface area contributed by atoms with Gasteiger partial charge in [0.1, 0.15) is 11.8 Å². The lowest BCUT2D eigenvalue weighted by molar-refractivity contribution is -0.132. The SMILES string of the molecule is COc1ccc(CN2CCOC[C@H](N)C2=O)cc1. The van der Waals surface area contributed by atoms with Crippen molar-refractivity contribution in [3.05, 3.63) is 29.8 Å². The van der Waals surface area contributed by atoms with Crippen LogP contribution in [-0.4, -0.2) is 43.7 Å². The van der Waals surface area contributed by atoms with E-state index in [-0.39, 0.29) is 5.91 Å². The van der Waals surface area contributed by atoms with E-state index in [1.807, 2.05) is 24.3 Å². The van der Waals surface area contributed by atoms with E-state index in [2.05, 4.69) is 0 Å². The maximum absolute atomic E-state index is 12.0. The maximum Gasteiger partial charge on any atom is 0.242 e. The normalized spacial score (nSPS) is 20.7. The van der Waals surface area contributed by atoms with Gasteiger partial charge in [0.15, 0.2) is 0 Å². The minimum atomic E-state index is -0.550. The molecule has 1 fully saturated rings. The highest BCUT2D eigenvalue weighted by atomic mass is 16.5. The fourth-order valence-electron chi connectivity index (χ4n) is 1.91. The lowest BCUT2D eigenvalue weighted by Gasteiger charge is -2.21. The molecule has 0 saturated carbocycles. The molecule has 0 radical (unpaired) electrons. The molecule has 0 aromatic heterocycles. The number of benzene rings is 1. The Morgan fingerprint density at radius 1 is 1.44 bits per heavy atom. The maximum atomic E-state index is 12.0. The molecule has 98 valence electrons. The van der Waals surface area contributed by atoms with Crippen molar-refractivity contribution in [1.29, 1.82) is 0 Å². The molecule has 1 aliphatic heterocycles. The van der Waals surface area contributed by atoms with E-state index in [1.165, 1.54) is 0 Å². The standard InChI is InChI=1S/C13H18N2O3/c1-17-11-4-2-10(3-5-11)8-15-6-7-18-9-12(14)13(15)16/h2-5,12H,6-9,14H2,1H3/t12-/m0/s1. The average Bonchev–Trinajstić information content (AvgIpc) is 2.55. The topological polar surface area (TPSA) is 64.8 Å². The van der Waals surface area contributed by atoms with Crippen molar-refractivity contribution in [1.82, 2.24) is 4.90 Å². The number of nitrogens with two attached hydrogens (primary N) is 1. The van der Waals surface area contributed by atoms with Crippen LogP contribution in [0.15, 0.2) is 24.3 Å². The van der Waals surface area contributed by atoms with Crippen LogP contribution < -0.4 is 10.5 Å². The fraction of sp³-hybridized carbons (Fsp3) is 0.462. The minimum Gasteiger partial charge on any atom is -0.497 e. The molecule has 0 bridgehead atoms. The van der Waals surface area contributed by atoms with Crippen LogP contribution in [0.4, 0.5) is 0 Å². The molecule has 5 nitrogen and oxygen atoms in total. The second-order valence-corrected chi connectivity index (χ2v) is 4.29. The number of hydrogen-bond donors (Lipinski definition) is 1. The van der Waals surface area contributed by atoms with Gasteiger partial charge in [0.25, 0.3) is 0 Å². The summed E-state index contributed by atoms with van der Waals surface area (Å²) < 4.78 is 10.4. The van der Waals surface area contributed by atoms with E-state index in [4.69, 9.17) is 15.2 Å². The molecule has 2 N–H and O–H groups in total. The van der Waals surface area contributed by atoms with E-state index in [0.29, 0.717) is 26.3 Å². The molecular formula is C13H18N2O3. The number of hydrogen-bond acceptors (Lipinski definition) is 4. The molecule has 1 heterocycles. The van der Waals surface area contributed by atoms with Gasteiger partial charge in [0.2, 0.25) is 5.91 Å². The Labute approximate surface area is 106 Å². The zero-order valence-electron chi connectivity index (χ0n) is 10.5. The average molecular weight is 250 g/mol. The van der Waals surface area contributed by atoms with Gasteiger partial charge < -0.3 is 20.1 Å². The van der Waals surface area contributed by atoms with Gasteiger partial charge in [-0.2, -0.15) is 0 Å². The molecule has 1 amide bonds. The van der Waals surface area contributed by atoms with Crippen molar-refractivity contribution in [2.45, 2.75) is 12.6 Å².